The van der Waals surface area contributed by atoms with Crippen LogP contribution < -0.4 is 5.32 Å². The van der Waals surface area contributed by atoms with E-state index >= 15 is 0 Å². The molecular formula is C14H20N4O2. The minimum Gasteiger partial charge on any atom is -0.303 e. The van der Waals surface area contributed by atoms with E-state index in [0.717, 1.165) is 19.6 Å². The number of nitrogens with one attached hydrogen (secondary N) is 1. The third-order valence-corrected chi connectivity index (χ3v) is 3.21. The first-order valence-corrected chi connectivity index (χ1v) is 6.72. The Labute approximate surface area is 119 Å². The molecule has 0 aliphatic rings. The lowest BCUT2D eigenvalue weighted by Gasteiger charge is -2.19. The Morgan fingerprint density at radius 1 is 1.45 bits per heavy atom. The zero-order valence-electron chi connectivity index (χ0n) is 11.9. The maximum absolute atomic E-state index is 10.7. The van der Waals surface area contributed by atoms with Crippen LogP contribution in [0.5, 0.6) is 0 Å². The van der Waals surface area contributed by atoms with Crippen LogP contribution >= 0.6 is 0 Å². The summed E-state index contributed by atoms with van der Waals surface area (Å²) < 4.78 is 0. The van der Waals surface area contributed by atoms with Gasteiger partial charge in [0.2, 0.25) is 0 Å². The number of likely N-dealkylation sites (N-methyl/N-ethyl adjacent to an activating group) is 1. The van der Waals surface area contributed by atoms with E-state index in [2.05, 4.69) is 30.1 Å². The number of hydrogen-bond donors (Lipinski definition) is 1. The second-order valence-corrected chi connectivity index (χ2v) is 4.40. The third-order valence-electron chi connectivity index (χ3n) is 3.21. The molecule has 0 amide bonds. The van der Waals surface area contributed by atoms with Crippen LogP contribution in [0.3, 0.4) is 0 Å². The van der Waals surface area contributed by atoms with E-state index in [1.54, 1.807) is 12.1 Å². The molecule has 1 aromatic carbocycles. The number of nitro groups is 1. The van der Waals surface area contributed by atoms with Gasteiger partial charge in [-0.3, -0.25) is 15.4 Å². The number of hydrogen-bond acceptors (Lipinski definition) is 5. The number of nitriles is 1. The van der Waals surface area contributed by atoms with Crippen LogP contribution in [0.25, 0.3) is 0 Å². The Kier molecular flexibility index (Phi) is 6.64. The van der Waals surface area contributed by atoms with E-state index in [-0.39, 0.29) is 5.69 Å². The second kappa shape index (κ2) is 8.25. The topological polar surface area (TPSA) is 82.2 Å². The summed E-state index contributed by atoms with van der Waals surface area (Å²) in [5.41, 5.74) is 0.634. The fourth-order valence-corrected chi connectivity index (χ4v) is 1.96. The third kappa shape index (κ3) is 4.61. The summed E-state index contributed by atoms with van der Waals surface area (Å²) in [6.45, 7) is 7.62. The Balaban J connectivity index is 2.65. The monoisotopic (exact) mass is 276 g/mol. The van der Waals surface area contributed by atoms with Crippen LogP contribution in [0.4, 0.5) is 5.69 Å². The van der Waals surface area contributed by atoms with Gasteiger partial charge < -0.3 is 4.90 Å². The Hall–Kier alpha value is -1.97. The van der Waals surface area contributed by atoms with Gasteiger partial charge in [-0.05, 0) is 18.7 Å². The second-order valence-electron chi connectivity index (χ2n) is 4.40. The van der Waals surface area contributed by atoms with Gasteiger partial charge in [0, 0.05) is 25.2 Å². The van der Waals surface area contributed by atoms with Gasteiger partial charge in [0.1, 0.15) is 6.04 Å². The van der Waals surface area contributed by atoms with Gasteiger partial charge in [-0.15, -0.1) is 0 Å². The molecule has 0 spiro atoms. The summed E-state index contributed by atoms with van der Waals surface area (Å²) >= 11 is 0. The van der Waals surface area contributed by atoms with Crippen LogP contribution in [-0.4, -0.2) is 36.0 Å². The molecule has 0 aromatic heterocycles. The first kappa shape index (κ1) is 16.1. The molecule has 1 rings (SSSR count). The van der Waals surface area contributed by atoms with Crippen molar-refractivity contribution in [2.75, 3.05) is 26.2 Å². The molecule has 0 radical (unpaired) electrons. The Morgan fingerprint density at radius 3 is 2.70 bits per heavy atom. The van der Waals surface area contributed by atoms with E-state index in [1.807, 2.05) is 0 Å². The van der Waals surface area contributed by atoms with Crippen molar-refractivity contribution in [3.63, 3.8) is 0 Å². The SMILES string of the molecule is CCN(CC)CCNC(C#N)c1cccc([N+](=O)[O-])c1. The standard InChI is InChI=1S/C14H20N4O2/c1-3-17(4-2)9-8-16-14(11-15)12-6-5-7-13(10-12)18(19)20/h5-7,10,14,16H,3-4,8-9H2,1-2H3. The van der Waals surface area contributed by atoms with E-state index in [9.17, 15) is 15.4 Å². The fraction of sp³-hybridized carbons (Fsp3) is 0.500. The van der Waals surface area contributed by atoms with Crippen LogP contribution in [-0.2, 0) is 0 Å². The van der Waals surface area contributed by atoms with Gasteiger partial charge in [0.15, 0.2) is 0 Å². The molecule has 0 bridgehead atoms. The highest BCUT2D eigenvalue weighted by atomic mass is 16.6. The van der Waals surface area contributed by atoms with Gasteiger partial charge in [-0.25, -0.2) is 0 Å². The lowest BCUT2D eigenvalue weighted by molar-refractivity contribution is -0.384. The highest BCUT2D eigenvalue weighted by Crippen LogP contribution is 2.18. The zero-order valence-corrected chi connectivity index (χ0v) is 11.9. The fourth-order valence-electron chi connectivity index (χ4n) is 1.96. The van der Waals surface area contributed by atoms with Crippen LogP contribution in [0.15, 0.2) is 24.3 Å². The molecule has 0 aliphatic carbocycles. The number of rotatable bonds is 8. The van der Waals surface area contributed by atoms with Gasteiger partial charge in [-0.1, -0.05) is 26.0 Å². The highest BCUT2D eigenvalue weighted by molar-refractivity contribution is 5.37. The van der Waals surface area contributed by atoms with Crippen molar-refractivity contribution >= 4 is 5.69 Å². The minimum atomic E-state index is -0.523. The van der Waals surface area contributed by atoms with Gasteiger partial charge in [0.25, 0.3) is 5.69 Å². The van der Waals surface area contributed by atoms with Crippen molar-refractivity contribution in [2.45, 2.75) is 19.9 Å². The molecule has 1 atom stereocenters. The van der Waals surface area contributed by atoms with Gasteiger partial charge >= 0.3 is 0 Å². The molecule has 0 aliphatic heterocycles. The number of non-ortho nitro benzene ring substituents is 1. The van der Waals surface area contributed by atoms with Gasteiger partial charge in [0.05, 0.1) is 11.0 Å². The molecule has 1 aromatic rings. The number of benzene rings is 1. The van der Waals surface area contributed by atoms with Crippen molar-refractivity contribution < 1.29 is 4.92 Å². The normalized spacial score (nSPS) is 12.1. The first-order valence-electron chi connectivity index (χ1n) is 6.72. The molecule has 0 heterocycles. The van der Waals surface area contributed by atoms with Crippen molar-refractivity contribution in [1.29, 1.82) is 5.26 Å². The van der Waals surface area contributed by atoms with Crippen molar-refractivity contribution in [3.8, 4) is 6.07 Å². The summed E-state index contributed by atoms with van der Waals surface area (Å²) in [4.78, 5) is 12.5. The maximum atomic E-state index is 10.7. The van der Waals surface area contributed by atoms with E-state index < -0.39 is 11.0 Å². The van der Waals surface area contributed by atoms with Crippen molar-refractivity contribution in [3.05, 3.63) is 39.9 Å². The lowest BCUT2D eigenvalue weighted by Crippen LogP contribution is -2.33. The molecule has 20 heavy (non-hydrogen) atoms. The maximum Gasteiger partial charge on any atom is 0.269 e. The molecule has 0 fully saturated rings. The summed E-state index contributed by atoms with van der Waals surface area (Å²) in [5.74, 6) is 0. The van der Waals surface area contributed by atoms with E-state index in [1.165, 1.54) is 12.1 Å². The molecule has 0 saturated heterocycles. The smallest absolute Gasteiger partial charge is 0.269 e. The summed E-state index contributed by atoms with van der Waals surface area (Å²) in [7, 11) is 0. The quantitative estimate of drug-likeness (QED) is 0.580. The molecule has 6 heteroatoms. The Morgan fingerprint density at radius 2 is 2.15 bits per heavy atom. The number of nitrogens with zero attached hydrogens (tertiary/aromatic N) is 3. The first-order chi connectivity index (χ1) is 9.62. The molecule has 1 unspecified atom stereocenters. The molecular weight excluding hydrogens is 256 g/mol. The van der Waals surface area contributed by atoms with E-state index in [0.29, 0.717) is 12.1 Å². The Bertz CT molecular complexity index is 480. The van der Waals surface area contributed by atoms with Crippen molar-refractivity contribution in [1.82, 2.24) is 10.2 Å². The molecule has 108 valence electrons. The summed E-state index contributed by atoms with van der Waals surface area (Å²) in [6, 6.07) is 7.82. The average Bonchev–Trinajstić information content (AvgIpc) is 2.48. The minimum absolute atomic E-state index is 0.00768. The molecule has 0 saturated carbocycles. The lowest BCUT2D eigenvalue weighted by atomic mass is 10.1. The number of nitro benzene ring substituents is 1. The van der Waals surface area contributed by atoms with Crippen LogP contribution in [0.2, 0.25) is 0 Å². The largest absolute Gasteiger partial charge is 0.303 e. The van der Waals surface area contributed by atoms with Crippen LogP contribution in [0.1, 0.15) is 25.5 Å². The predicted molar refractivity (Wildman–Crippen MR) is 77.2 cm³/mol. The average molecular weight is 276 g/mol. The van der Waals surface area contributed by atoms with Gasteiger partial charge in [-0.2, -0.15) is 5.26 Å². The predicted octanol–water partition coefficient (Wildman–Crippen LogP) is 2.09. The highest BCUT2D eigenvalue weighted by Gasteiger charge is 2.14. The molecule has 6 nitrogen and oxygen atoms in total. The van der Waals surface area contributed by atoms with E-state index in [4.69, 9.17) is 0 Å². The van der Waals surface area contributed by atoms with Crippen LogP contribution in [0, 0.1) is 21.4 Å². The molecule has 1 N–H and O–H groups in total. The van der Waals surface area contributed by atoms with Crippen molar-refractivity contribution in [2.24, 2.45) is 0 Å². The zero-order chi connectivity index (χ0) is 15.0. The summed E-state index contributed by atoms with van der Waals surface area (Å²) in [6.07, 6.45) is 0. The summed E-state index contributed by atoms with van der Waals surface area (Å²) in [5, 5.41) is 23.1.